The van der Waals surface area contributed by atoms with Gasteiger partial charge in [-0.05, 0) is 38.1 Å². The topological polar surface area (TPSA) is 82.1 Å². The predicted molar refractivity (Wildman–Crippen MR) is 81.1 cm³/mol. The molecule has 0 radical (unpaired) electrons. The van der Waals surface area contributed by atoms with Crippen molar-refractivity contribution in [3.8, 4) is 5.75 Å². The van der Waals surface area contributed by atoms with Crippen LogP contribution in [0.15, 0.2) is 24.3 Å². The molecule has 7 nitrogen and oxygen atoms in total. The van der Waals surface area contributed by atoms with Crippen molar-refractivity contribution in [1.29, 1.82) is 0 Å². The molecule has 1 aromatic carbocycles. The zero-order chi connectivity index (χ0) is 17.0. The third-order valence-electron chi connectivity index (χ3n) is 3.60. The van der Waals surface area contributed by atoms with E-state index in [9.17, 15) is 14.4 Å². The molecule has 23 heavy (non-hydrogen) atoms. The number of amides is 1. The second kappa shape index (κ2) is 6.68. The summed E-state index contributed by atoms with van der Waals surface area (Å²) in [5, 5.41) is 0. The number of ether oxygens (including phenoxy) is 3. The van der Waals surface area contributed by atoms with Gasteiger partial charge in [-0.2, -0.15) is 0 Å². The third kappa shape index (κ3) is 2.74. The number of hydrogen-bond acceptors (Lipinski definition) is 6. The minimum absolute atomic E-state index is 0.102. The van der Waals surface area contributed by atoms with Gasteiger partial charge in [-0.25, -0.2) is 9.59 Å². The minimum Gasteiger partial charge on any atom is -0.497 e. The first-order chi connectivity index (χ1) is 11.0. The molecule has 1 aliphatic heterocycles. The maximum absolute atomic E-state index is 12.4. The number of carbonyl (C=O) groups is 3. The Hall–Kier alpha value is -2.57. The average Bonchev–Trinajstić information content (AvgIpc) is 2.53. The lowest BCUT2D eigenvalue weighted by Gasteiger charge is -2.47. The zero-order valence-electron chi connectivity index (χ0n) is 13.3. The fourth-order valence-corrected chi connectivity index (χ4v) is 2.51. The van der Waals surface area contributed by atoms with Crippen LogP contribution in [0.25, 0.3) is 0 Å². The van der Waals surface area contributed by atoms with Crippen LogP contribution in [-0.2, 0) is 23.9 Å². The number of hydrogen-bond donors (Lipinski definition) is 0. The molecule has 1 heterocycles. The second-order valence-corrected chi connectivity index (χ2v) is 4.91. The SMILES string of the molecule is CCOC(=O)C1(C(=O)OCC)CC(=O)N1c1ccc(OC)cc1. The highest BCUT2D eigenvalue weighted by atomic mass is 16.6. The van der Waals surface area contributed by atoms with Crippen LogP contribution in [0.5, 0.6) is 5.75 Å². The van der Waals surface area contributed by atoms with E-state index in [-0.39, 0.29) is 25.5 Å². The van der Waals surface area contributed by atoms with Gasteiger partial charge in [-0.15, -0.1) is 0 Å². The molecule has 0 bridgehead atoms. The van der Waals surface area contributed by atoms with E-state index in [0.717, 1.165) is 4.90 Å². The van der Waals surface area contributed by atoms with Crippen molar-refractivity contribution in [2.75, 3.05) is 25.2 Å². The van der Waals surface area contributed by atoms with E-state index in [0.29, 0.717) is 11.4 Å². The van der Waals surface area contributed by atoms with Crippen molar-refractivity contribution in [2.24, 2.45) is 0 Å². The Morgan fingerprint density at radius 2 is 1.61 bits per heavy atom. The highest BCUT2D eigenvalue weighted by Crippen LogP contribution is 2.39. The molecule has 2 rings (SSSR count). The monoisotopic (exact) mass is 321 g/mol. The molecular formula is C16H19NO6. The van der Waals surface area contributed by atoms with Crippen molar-refractivity contribution < 1.29 is 28.6 Å². The van der Waals surface area contributed by atoms with E-state index >= 15 is 0 Å². The Kier molecular flexibility index (Phi) is 4.88. The molecule has 7 heteroatoms. The quantitative estimate of drug-likeness (QED) is 0.446. The molecule has 1 aromatic rings. The van der Waals surface area contributed by atoms with Crippen LogP contribution in [0.1, 0.15) is 20.3 Å². The van der Waals surface area contributed by atoms with Crippen molar-refractivity contribution >= 4 is 23.5 Å². The molecule has 0 aliphatic carbocycles. The summed E-state index contributed by atoms with van der Waals surface area (Å²) in [6.45, 7) is 3.47. The first-order valence-electron chi connectivity index (χ1n) is 7.32. The summed E-state index contributed by atoms with van der Waals surface area (Å²) < 4.78 is 15.1. The fraction of sp³-hybridized carbons (Fsp3) is 0.438. The fourth-order valence-electron chi connectivity index (χ4n) is 2.51. The first kappa shape index (κ1) is 16.8. The zero-order valence-corrected chi connectivity index (χ0v) is 13.3. The summed E-state index contributed by atoms with van der Waals surface area (Å²) in [5.74, 6) is -1.32. The summed E-state index contributed by atoms with van der Waals surface area (Å²) >= 11 is 0. The van der Waals surface area contributed by atoms with Gasteiger partial charge in [0.15, 0.2) is 0 Å². The van der Waals surface area contributed by atoms with E-state index in [4.69, 9.17) is 14.2 Å². The molecule has 1 saturated heterocycles. The minimum atomic E-state index is -1.75. The molecule has 0 spiro atoms. The highest BCUT2D eigenvalue weighted by Gasteiger charge is 2.65. The Balaban J connectivity index is 2.42. The molecule has 1 fully saturated rings. The summed E-state index contributed by atoms with van der Waals surface area (Å²) in [5.41, 5.74) is -1.35. The van der Waals surface area contributed by atoms with Crippen LogP contribution in [0, 0.1) is 0 Å². The lowest BCUT2D eigenvalue weighted by atomic mass is 9.82. The Morgan fingerprint density at radius 3 is 2.00 bits per heavy atom. The molecule has 1 aliphatic rings. The number of carbonyl (C=O) groups excluding carboxylic acids is 3. The van der Waals surface area contributed by atoms with E-state index in [1.165, 1.54) is 7.11 Å². The van der Waals surface area contributed by atoms with Crippen LogP contribution in [0.4, 0.5) is 5.69 Å². The van der Waals surface area contributed by atoms with Gasteiger partial charge in [0.05, 0.1) is 26.7 Å². The number of methoxy groups -OCH3 is 1. The normalized spacial score (nSPS) is 15.6. The van der Waals surface area contributed by atoms with Gasteiger partial charge in [0.1, 0.15) is 5.75 Å². The van der Waals surface area contributed by atoms with E-state index in [1.807, 2.05) is 0 Å². The number of esters is 2. The number of nitrogens with zero attached hydrogens (tertiary/aromatic N) is 1. The first-order valence-corrected chi connectivity index (χ1v) is 7.32. The van der Waals surface area contributed by atoms with Gasteiger partial charge in [0, 0.05) is 5.69 Å². The van der Waals surface area contributed by atoms with E-state index < -0.39 is 17.5 Å². The Morgan fingerprint density at radius 1 is 1.09 bits per heavy atom. The van der Waals surface area contributed by atoms with Gasteiger partial charge in [-0.1, -0.05) is 0 Å². The van der Waals surface area contributed by atoms with Gasteiger partial charge in [0.25, 0.3) is 5.54 Å². The Bertz CT molecular complexity index is 592. The van der Waals surface area contributed by atoms with Crippen LogP contribution in [-0.4, -0.2) is 43.7 Å². The lowest BCUT2D eigenvalue weighted by molar-refractivity contribution is -0.171. The van der Waals surface area contributed by atoms with Crippen LogP contribution in [0.2, 0.25) is 0 Å². The average molecular weight is 321 g/mol. The summed E-state index contributed by atoms with van der Waals surface area (Å²) in [7, 11) is 1.52. The second-order valence-electron chi connectivity index (χ2n) is 4.91. The maximum Gasteiger partial charge on any atom is 0.344 e. The molecule has 0 saturated carbocycles. The molecule has 0 atom stereocenters. The molecule has 0 unspecified atom stereocenters. The molecule has 124 valence electrons. The van der Waals surface area contributed by atoms with Crippen molar-refractivity contribution in [2.45, 2.75) is 25.8 Å². The highest BCUT2D eigenvalue weighted by molar-refractivity contribution is 6.24. The maximum atomic E-state index is 12.4. The van der Waals surface area contributed by atoms with Crippen molar-refractivity contribution in [1.82, 2.24) is 0 Å². The molecule has 0 N–H and O–H groups in total. The third-order valence-corrected chi connectivity index (χ3v) is 3.60. The number of β-lactam (4-membered cyclic amide) rings is 1. The van der Waals surface area contributed by atoms with Crippen molar-refractivity contribution in [3.05, 3.63) is 24.3 Å². The summed E-state index contributed by atoms with van der Waals surface area (Å²) in [4.78, 5) is 38.0. The van der Waals surface area contributed by atoms with Gasteiger partial charge in [-0.3, -0.25) is 9.69 Å². The molecule has 0 aromatic heterocycles. The van der Waals surface area contributed by atoms with Gasteiger partial charge in [0.2, 0.25) is 5.91 Å². The number of anilines is 1. The summed E-state index contributed by atoms with van der Waals surface area (Å²) in [6, 6.07) is 6.48. The standard InChI is InChI=1S/C16H19NO6/c1-4-22-14(19)16(15(20)23-5-2)10-13(18)17(16)11-6-8-12(21-3)9-7-11/h6-9H,4-5,10H2,1-3H3. The number of benzene rings is 1. The van der Waals surface area contributed by atoms with Crippen LogP contribution < -0.4 is 9.64 Å². The van der Waals surface area contributed by atoms with Gasteiger partial charge < -0.3 is 14.2 Å². The van der Waals surface area contributed by atoms with E-state index in [1.54, 1.807) is 38.1 Å². The number of rotatable bonds is 6. The van der Waals surface area contributed by atoms with Gasteiger partial charge >= 0.3 is 11.9 Å². The Labute approximate surface area is 134 Å². The lowest BCUT2D eigenvalue weighted by Crippen LogP contribution is -2.73. The predicted octanol–water partition coefficient (Wildman–Crippen LogP) is 1.30. The van der Waals surface area contributed by atoms with E-state index in [2.05, 4.69) is 0 Å². The van der Waals surface area contributed by atoms with Crippen LogP contribution in [0.3, 0.4) is 0 Å². The smallest absolute Gasteiger partial charge is 0.344 e. The summed E-state index contributed by atoms with van der Waals surface area (Å²) in [6.07, 6.45) is -0.267. The van der Waals surface area contributed by atoms with Crippen LogP contribution >= 0.6 is 0 Å². The molecule has 1 amide bonds. The molecular weight excluding hydrogens is 302 g/mol. The van der Waals surface area contributed by atoms with Crippen molar-refractivity contribution in [3.63, 3.8) is 0 Å². The largest absolute Gasteiger partial charge is 0.497 e.